The van der Waals surface area contributed by atoms with Gasteiger partial charge in [0.05, 0.1) is 11.3 Å². The van der Waals surface area contributed by atoms with Crippen molar-refractivity contribution in [3.63, 3.8) is 0 Å². The van der Waals surface area contributed by atoms with Crippen molar-refractivity contribution in [3.05, 3.63) is 56.1 Å². The van der Waals surface area contributed by atoms with E-state index in [9.17, 15) is 13.2 Å². The van der Waals surface area contributed by atoms with Crippen molar-refractivity contribution >= 4 is 60.1 Å². The number of nitrogens with two attached hydrogens (primary N) is 1. The highest BCUT2D eigenvalue weighted by Crippen LogP contribution is 2.23. The van der Waals surface area contributed by atoms with Crippen LogP contribution < -0.4 is 10.5 Å². The smallest absolute Gasteiger partial charge is 0.256 e. The second-order valence-electron chi connectivity index (χ2n) is 4.12. The van der Waals surface area contributed by atoms with Crippen molar-refractivity contribution in [2.75, 3.05) is 5.32 Å². The number of carbonyl (C=O) groups excluding carboxylic acids is 1. The number of hydrogen-bond acceptors (Lipinski definition) is 3. The fraction of sp³-hybridized carbons (Fsp3) is 0. The number of halogens is 2. The van der Waals surface area contributed by atoms with Gasteiger partial charge in [-0.25, -0.2) is 13.6 Å². The highest BCUT2D eigenvalue weighted by atomic mass is 127. The number of anilines is 1. The van der Waals surface area contributed by atoms with Crippen LogP contribution in [0.5, 0.6) is 0 Å². The van der Waals surface area contributed by atoms with Gasteiger partial charge in [0.1, 0.15) is 4.90 Å². The predicted octanol–water partition coefficient (Wildman–Crippen LogP) is 2.95. The Bertz CT molecular complexity index is 809. The molecule has 0 fully saturated rings. The van der Waals surface area contributed by atoms with Gasteiger partial charge in [0.25, 0.3) is 5.91 Å². The van der Waals surface area contributed by atoms with Gasteiger partial charge < -0.3 is 5.32 Å². The summed E-state index contributed by atoms with van der Waals surface area (Å²) in [6.07, 6.45) is 0. The Balaban J connectivity index is 2.39. The highest BCUT2D eigenvalue weighted by molar-refractivity contribution is 14.1. The summed E-state index contributed by atoms with van der Waals surface area (Å²) in [5.41, 5.74) is 0.557. The van der Waals surface area contributed by atoms with Gasteiger partial charge in [-0.2, -0.15) is 0 Å². The van der Waals surface area contributed by atoms with Crippen LogP contribution >= 0.6 is 38.5 Å². The van der Waals surface area contributed by atoms with E-state index in [1.54, 1.807) is 18.2 Å². The number of nitrogens with one attached hydrogen (secondary N) is 1. The third-order valence-corrected chi connectivity index (χ3v) is 4.95. The molecule has 5 nitrogen and oxygen atoms in total. The molecule has 0 bridgehead atoms. The van der Waals surface area contributed by atoms with Gasteiger partial charge in [-0.3, -0.25) is 4.79 Å². The minimum absolute atomic E-state index is 0.125. The molecular formula is C13H10BrIN2O3S. The second kappa shape index (κ2) is 6.42. The summed E-state index contributed by atoms with van der Waals surface area (Å²) < 4.78 is 24.5. The number of rotatable bonds is 3. The largest absolute Gasteiger partial charge is 0.321 e. The van der Waals surface area contributed by atoms with E-state index in [1.807, 2.05) is 6.07 Å². The van der Waals surface area contributed by atoms with E-state index in [1.165, 1.54) is 18.2 Å². The number of sulfonamides is 1. The van der Waals surface area contributed by atoms with E-state index in [-0.39, 0.29) is 10.6 Å². The highest BCUT2D eigenvalue weighted by Gasteiger charge is 2.17. The minimum Gasteiger partial charge on any atom is -0.321 e. The van der Waals surface area contributed by atoms with E-state index in [4.69, 9.17) is 5.14 Å². The summed E-state index contributed by atoms with van der Waals surface area (Å²) in [4.78, 5) is 12.2. The number of para-hydroxylation sites is 1. The van der Waals surface area contributed by atoms with Gasteiger partial charge in [0.2, 0.25) is 10.0 Å². The normalized spacial score (nSPS) is 11.2. The third kappa shape index (κ3) is 4.02. The number of primary sulfonamides is 1. The van der Waals surface area contributed by atoms with Gasteiger partial charge in [0, 0.05) is 8.04 Å². The standard InChI is InChI=1S/C13H10BrIN2O3S/c14-10-6-5-8(15)7-9(10)13(18)17-11-3-1-2-4-12(11)21(16,19)20/h1-7H,(H,17,18)(H2,16,19,20). The van der Waals surface area contributed by atoms with E-state index in [0.717, 1.165) is 3.57 Å². The molecule has 110 valence electrons. The van der Waals surface area contributed by atoms with Crippen molar-refractivity contribution in [3.8, 4) is 0 Å². The van der Waals surface area contributed by atoms with Gasteiger partial charge >= 0.3 is 0 Å². The third-order valence-electron chi connectivity index (χ3n) is 2.61. The van der Waals surface area contributed by atoms with Gasteiger partial charge in [-0.05, 0) is 68.9 Å². The first kappa shape index (κ1) is 16.4. The van der Waals surface area contributed by atoms with Crippen LogP contribution in [0.15, 0.2) is 51.8 Å². The Morgan fingerprint density at radius 3 is 2.52 bits per heavy atom. The van der Waals surface area contributed by atoms with Crippen molar-refractivity contribution in [2.45, 2.75) is 4.90 Å². The van der Waals surface area contributed by atoms with Crippen LogP contribution in [-0.4, -0.2) is 14.3 Å². The van der Waals surface area contributed by atoms with Crippen LogP contribution in [0.25, 0.3) is 0 Å². The van der Waals surface area contributed by atoms with Gasteiger partial charge in [0.15, 0.2) is 0 Å². The molecule has 3 N–H and O–H groups in total. The van der Waals surface area contributed by atoms with Crippen LogP contribution in [0.4, 0.5) is 5.69 Å². The van der Waals surface area contributed by atoms with E-state index < -0.39 is 15.9 Å². The van der Waals surface area contributed by atoms with Gasteiger partial charge in [-0.1, -0.05) is 12.1 Å². The summed E-state index contributed by atoms with van der Waals surface area (Å²) in [7, 11) is -3.91. The summed E-state index contributed by atoms with van der Waals surface area (Å²) in [5, 5.41) is 7.71. The fourth-order valence-electron chi connectivity index (χ4n) is 1.68. The average Bonchev–Trinajstić information content (AvgIpc) is 2.41. The topological polar surface area (TPSA) is 89.3 Å². The Morgan fingerprint density at radius 1 is 1.19 bits per heavy atom. The maximum absolute atomic E-state index is 12.3. The molecule has 1 amide bonds. The maximum atomic E-state index is 12.3. The lowest BCUT2D eigenvalue weighted by atomic mass is 10.2. The summed E-state index contributed by atoms with van der Waals surface area (Å²) in [6.45, 7) is 0. The molecule has 0 saturated heterocycles. The first-order valence-electron chi connectivity index (χ1n) is 5.67. The van der Waals surface area contributed by atoms with Crippen LogP contribution in [0, 0.1) is 3.57 Å². The Hall–Kier alpha value is -0.970. The molecule has 2 aromatic carbocycles. The zero-order chi connectivity index (χ0) is 15.6. The molecule has 0 aromatic heterocycles. The molecule has 2 rings (SSSR count). The maximum Gasteiger partial charge on any atom is 0.256 e. The molecule has 0 saturated carbocycles. The number of hydrogen-bond donors (Lipinski definition) is 2. The van der Waals surface area contributed by atoms with Crippen LogP contribution in [0.1, 0.15) is 10.4 Å². The van der Waals surface area contributed by atoms with Gasteiger partial charge in [-0.15, -0.1) is 0 Å². The molecule has 0 spiro atoms. The number of amides is 1. The van der Waals surface area contributed by atoms with Crippen molar-refractivity contribution in [2.24, 2.45) is 5.14 Å². The van der Waals surface area contributed by atoms with E-state index >= 15 is 0 Å². The molecule has 0 atom stereocenters. The second-order valence-corrected chi connectivity index (χ2v) is 7.75. The molecule has 2 aromatic rings. The first-order valence-corrected chi connectivity index (χ1v) is 9.09. The van der Waals surface area contributed by atoms with E-state index in [2.05, 4.69) is 43.8 Å². The molecular weight excluding hydrogens is 471 g/mol. The summed E-state index contributed by atoms with van der Waals surface area (Å²) in [6, 6.07) is 11.3. The van der Waals surface area contributed by atoms with E-state index in [0.29, 0.717) is 10.0 Å². The SMILES string of the molecule is NS(=O)(=O)c1ccccc1NC(=O)c1cc(I)ccc1Br. The Labute approximate surface area is 144 Å². The molecule has 0 aliphatic heterocycles. The van der Waals surface area contributed by atoms with Crippen molar-refractivity contribution in [1.82, 2.24) is 0 Å². The predicted molar refractivity (Wildman–Crippen MR) is 92.6 cm³/mol. The number of benzene rings is 2. The quantitative estimate of drug-likeness (QED) is 0.662. The van der Waals surface area contributed by atoms with Crippen LogP contribution in [0.2, 0.25) is 0 Å². The minimum atomic E-state index is -3.91. The zero-order valence-corrected chi connectivity index (χ0v) is 15.1. The fourth-order valence-corrected chi connectivity index (χ4v) is 3.29. The average molecular weight is 481 g/mol. The molecule has 0 heterocycles. The lowest BCUT2D eigenvalue weighted by Gasteiger charge is -2.10. The van der Waals surface area contributed by atoms with Crippen molar-refractivity contribution in [1.29, 1.82) is 0 Å². The molecule has 8 heteroatoms. The summed E-state index contributed by atoms with van der Waals surface area (Å²) in [5.74, 6) is -0.420. The lowest BCUT2D eigenvalue weighted by Crippen LogP contribution is -2.18. The molecule has 0 radical (unpaired) electrons. The summed E-state index contributed by atoms with van der Waals surface area (Å²) >= 11 is 5.38. The number of carbonyl (C=O) groups is 1. The van der Waals surface area contributed by atoms with Crippen LogP contribution in [0.3, 0.4) is 0 Å². The monoisotopic (exact) mass is 480 g/mol. The lowest BCUT2D eigenvalue weighted by molar-refractivity contribution is 0.102. The van der Waals surface area contributed by atoms with Crippen molar-refractivity contribution < 1.29 is 13.2 Å². The molecule has 0 aliphatic rings. The molecule has 0 unspecified atom stereocenters. The molecule has 21 heavy (non-hydrogen) atoms. The Kier molecular flexibility index (Phi) is 5.02. The first-order chi connectivity index (χ1) is 9.79. The molecule has 0 aliphatic carbocycles. The Morgan fingerprint density at radius 2 is 1.86 bits per heavy atom. The van der Waals surface area contributed by atoms with Crippen LogP contribution in [-0.2, 0) is 10.0 Å². The zero-order valence-electron chi connectivity index (χ0n) is 10.5.